The van der Waals surface area contributed by atoms with Crippen molar-refractivity contribution in [3.05, 3.63) is 11.3 Å². The van der Waals surface area contributed by atoms with Crippen molar-refractivity contribution in [3.8, 4) is 0 Å². The number of amides is 2. The number of hydrogen-bond acceptors (Lipinski definition) is 5. The fourth-order valence-corrected chi connectivity index (χ4v) is 3.08. The van der Waals surface area contributed by atoms with Gasteiger partial charge in [-0.25, -0.2) is 0 Å². The van der Waals surface area contributed by atoms with E-state index in [0.29, 0.717) is 38.4 Å². The molecule has 1 aromatic rings. The number of carbonyl (C=O) groups is 2. The number of anilines is 1. The number of nitrogens with one attached hydrogen (secondary N) is 1. The Labute approximate surface area is 135 Å². The molecule has 2 amide bonds. The summed E-state index contributed by atoms with van der Waals surface area (Å²) in [7, 11) is 0. The summed E-state index contributed by atoms with van der Waals surface area (Å²) in [4.78, 5) is 26.5. The number of rotatable bonds is 3. The molecule has 1 atom stereocenters. The monoisotopic (exact) mass is 321 g/mol. The molecule has 2 aliphatic heterocycles. The molecular formula is C16H23N3O4. The summed E-state index contributed by atoms with van der Waals surface area (Å²) in [5.74, 6) is 0.329. The Morgan fingerprint density at radius 3 is 2.52 bits per heavy atom. The zero-order valence-corrected chi connectivity index (χ0v) is 13.6. The molecule has 0 bridgehead atoms. The van der Waals surface area contributed by atoms with E-state index in [2.05, 4.69) is 10.5 Å². The summed E-state index contributed by atoms with van der Waals surface area (Å²) in [6.45, 7) is 5.58. The van der Waals surface area contributed by atoms with E-state index in [1.165, 1.54) is 0 Å². The summed E-state index contributed by atoms with van der Waals surface area (Å²) in [5, 5.41) is 6.64. The molecule has 2 aliphatic rings. The standard InChI is InChI=1S/C16H23N3O4/c1-10-11(2)18-23-15(10)17-14(20)12-5-7-19(8-6-12)16(21)13-4-3-9-22-13/h12-13H,3-9H2,1-2H3,(H,17,20). The summed E-state index contributed by atoms with van der Waals surface area (Å²) in [6, 6.07) is 0. The Bertz CT molecular complexity index is 584. The van der Waals surface area contributed by atoms with Gasteiger partial charge in [0, 0.05) is 31.2 Å². The predicted octanol–water partition coefficient (Wildman–Crippen LogP) is 1.65. The number of likely N-dealkylation sites (tertiary alicyclic amines) is 1. The van der Waals surface area contributed by atoms with E-state index in [1.807, 2.05) is 18.7 Å². The van der Waals surface area contributed by atoms with Crippen molar-refractivity contribution in [2.75, 3.05) is 25.0 Å². The summed E-state index contributed by atoms with van der Waals surface area (Å²) >= 11 is 0. The third-order valence-electron chi connectivity index (χ3n) is 4.78. The highest BCUT2D eigenvalue weighted by Crippen LogP contribution is 2.24. The predicted molar refractivity (Wildman–Crippen MR) is 82.9 cm³/mol. The lowest BCUT2D eigenvalue weighted by Crippen LogP contribution is -2.45. The summed E-state index contributed by atoms with van der Waals surface area (Å²) in [6.07, 6.45) is 2.81. The van der Waals surface area contributed by atoms with Gasteiger partial charge in [0.1, 0.15) is 6.10 Å². The van der Waals surface area contributed by atoms with Gasteiger partial charge in [-0.3, -0.25) is 14.9 Å². The maximum Gasteiger partial charge on any atom is 0.251 e. The molecule has 3 rings (SSSR count). The Hall–Kier alpha value is -1.89. The molecule has 1 unspecified atom stereocenters. The number of carbonyl (C=O) groups excluding carboxylic acids is 2. The van der Waals surface area contributed by atoms with Crippen LogP contribution in [0.25, 0.3) is 0 Å². The van der Waals surface area contributed by atoms with E-state index in [0.717, 1.165) is 24.1 Å². The lowest BCUT2D eigenvalue weighted by atomic mass is 9.95. The van der Waals surface area contributed by atoms with Gasteiger partial charge in [0.25, 0.3) is 5.91 Å². The van der Waals surface area contributed by atoms with Crippen molar-refractivity contribution in [2.45, 2.75) is 45.6 Å². The molecule has 0 saturated carbocycles. The van der Waals surface area contributed by atoms with Crippen LogP contribution >= 0.6 is 0 Å². The molecule has 0 spiro atoms. The van der Waals surface area contributed by atoms with E-state index < -0.39 is 0 Å². The van der Waals surface area contributed by atoms with Crippen LogP contribution < -0.4 is 5.32 Å². The van der Waals surface area contributed by atoms with E-state index in [4.69, 9.17) is 9.26 Å². The van der Waals surface area contributed by atoms with E-state index >= 15 is 0 Å². The highest BCUT2D eigenvalue weighted by molar-refractivity contribution is 5.92. The minimum Gasteiger partial charge on any atom is -0.368 e. The largest absolute Gasteiger partial charge is 0.368 e. The molecule has 0 aromatic carbocycles. The van der Waals surface area contributed by atoms with Crippen LogP contribution in [0.3, 0.4) is 0 Å². The molecule has 23 heavy (non-hydrogen) atoms. The first-order valence-corrected chi connectivity index (χ1v) is 8.20. The summed E-state index contributed by atoms with van der Waals surface area (Å²) in [5.41, 5.74) is 1.63. The molecule has 126 valence electrons. The average molecular weight is 321 g/mol. The second kappa shape index (κ2) is 6.70. The number of nitrogens with zero attached hydrogens (tertiary/aromatic N) is 2. The Kier molecular flexibility index (Phi) is 4.66. The number of aromatic nitrogens is 1. The van der Waals surface area contributed by atoms with Gasteiger partial charge < -0.3 is 14.2 Å². The normalized spacial score (nSPS) is 22.3. The van der Waals surface area contributed by atoms with Crippen LogP contribution in [0.15, 0.2) is 4.52 Å². The zero-order chi connectivity index (χ0) is 16.4. The van der Waals surface area contributed by atoms with Crippen LogP contribution in [0, 0.1) is 19.8 Å². The molecule has 0 radical (unpaired) electrons. The molecule has 1 N–H and O–H groups in total. The molecule has 0 aliphatic carbocycles. The molecule has 7 nitrogen and oxygen atoms in total. The second-order valence-electron chi connectivity index (χ2n) is 6.31. The Balaban J connectivity index is 1.51. The van der Waals surface area contributed by atoms with Crippen molar-refractivity contribution in [1.82, 2.24) is 10.1 Å². The average Bonchev–Trinajstić information content (AvgIpc) is 3.20. The third-order valence-corrected chi connectivity index (χ3v) is 4.78. The van der Waals surface area contributed by atoms with Crippen LogP contribution in [-0.4, -0.2) is 47.7 Å². The lowest BCUT2D eigenvalue weighted by molar-refractivity contribution is -0.143. The highest BCUT2D eigenvalue weighted by atomic mass is 16.5. The SMILES string of the molecule is Cc1noc(NC(=O)C2CCN(C(=O)C3CCCO3)CC2)c1C. The Morgan fingerprint density at radius 1 is 1.22 bits per heavy atom. The van der Waals surface area contributed by atoms with Gasteiger partial charge in [-0.2, -0.15) is 0 Å². The zero-order valence-electron chi connectivity index (χ0n) is 13.6. The van der Waals surface area contributed by atoms with Crippen molar-refractivity contribution < 1.29 is 18.8 Å². The van der Waals surface area contributed by atoms with Crippen LogP contribution in [0.4, 0.5) is 5.88 Å². The van der Waals surface area contributed by atoms with Crippen LogP contribution in [0.1, 0.15) is 36.9 Å². The van der Waals surface area contributed by atoms with Crippen molar-refractivity contribution in [1.29, 1.82) is 0 Å². The molecule has 3 heterocycles. The third kappa shape index (κ3) is 3.39. The van der Waals surface area contributed by atoms with Gasteiger partial charge >= 0.3 is 0 Å². The lowest BCUT2D eigenvalue weighted by Gasteiger charge is -2.32. The summed E-state index contributed by atoms with van der Waals surface area (Å²) < 4.78 is 10.6. The maximum atomic E-state index is 12.3. The van der Waals surface area contributed by atoms with Gasteiger partial charge in [0.05, 0.1) is 5.69 Å². The van der Waals surface area contributed by atoms with E-state index in [1.54, 1.807) is 0 Å². The van der Waals surface area contributed by atoms with E-state index in [9.17, 15) is 9.59 Å². The van der Waals surface area contributed by atoms with Crippen LogP contribution in [-0.2, 0) is 14.3 Å². The molecule has 7 heteroatoms. The van der Waals surface area contributed by atoms with Crippen LogP contribution in [0.2, 0.25) is 0 Å². The highest BCUT2D eigenvalue weighted by Gasteiger charge is 2.33. The first-order chi connectivity index (χ1) is 11.1. The molecule has 2 saturated heterocycles. The molecule has 1 aromatic heterocycles. The maximum absolute atomic E-state index is 12.3. The fraction of sp³-hybridized carbons (Fsp3) is 0.688. The number of ether oxygens (including phenoxy) is 1. The van der Waals surface area contributed by atoms with Gasteiger partial charge in [0.2, 0.25) is 11.8 Å². The first kappa shape index (κ1) is 16.0. The minimum absolute atomic E-state index is 0.0616. The molecule has 2 fully saturated rings. The second-order valence-corrected chi connectivity index (χ2v) is 6.31. The molecular weight excluding hydrogens is 298 g/mol. The fourth-order valence-electron chi connectivity index (χ4n) is 3.08. The van der Waals surface area contributed by atoms with Gasteiger partial charge in [-0.05, 0) is 39.5 Å². The number of hydrogen-bond donors (Lipinski definition) is 1. The Morgan fingerprint density at radius 2 is 1.96 bits per heavy atom. The van der Waals surface area contributed by atoms with Gasteiger partial charge in [-0.1, -0.05) is 5.16 Å². The topological polar surface area (TPSA) is 84.7 Å². The van der Waals surface area contributed by atoms with Gasteiger partial charge in [-0.15, -0.1) is 0 Å². The quantitative estimate of drug-likeness (QED) is 0.915. The van der Waals surface area contributed by atoms with Crippen molar-refractivity contribution in [2.24, 2.45) is 5.92 Å². The van der Waals surface area contributed by atoms with Gasteiger partial charge in [0.15, 0.2) is 0 Å². The van der Waals surface area contributed by atoms with Crippen molar-refractivity contribution in [3.63, 3.8) is 0 Å². The van der Waals surface area contributed by atoms with E-state index in [-0.39, 0.29) is 23.8 Å². The minimum atomic E-state index is -0.278. The van der Waals surface area contributed by atoms with Crippen molar-refractivity contribution >= 4 is 17.7 Å². The number of aryl methyl sites for hydroxylation is 1. The van der Waals surface area contributed by atoms with Crippen LogP contribution in [0.5, 0.6) is 0 Å². The first-order valence-electron chi connectivity index (χ1n) is 8.20. The number of piperidine rings is 1. The smallest absolute Gasteiger partial charge is 0.251 e.